The Hall–Kier alpha value is -1.22. The Morgan fingerprint density at radius 1 is 1.42 bits per heavy atom. The highest BCUT2D eigenvalue weighted by Gasteiger charge is 2.30. The number of nitrogens with zero attached hydrogens (tertiary/aromatic N) is 1. The molecule has 19 heavy (non-hydrogen) atoms. The molecule has 0 aliphatic carbocycles. The molecule has 0 spiro atoms. The summed E-state index contributed by atoms with van der Waals surface area (Å²) in [6, 6.07) is 5.87. The van der Waals surface area contributed by atoms with Gasteiger partial charge in [-0.3, -0.25) is 4.79 Å². The first-order valence-corrected chi connectivity index (χ1v) is 6.94. The van der Waals surface area contributed by atoms with Crippen LogP contribution in [-0.2, 0) is 10.2 Å². The predicted molar refractivity (Wildman–Crippen MR) is 78.1 cm³/mol. The molecule has 1 fully saturated rings. The standard InChI is InChI=1S/C15H20ClNO2/c1-15(2,3)12-8-11(16)4-5-13(12)17-7-6-10(9-17)14(18)19/h4-5,8,10H,6-7,9H2,1-3H3,(H,18,19). The number of hydrogen-bond donors (Lipinski definition) is 1. The summed E-state index contributed by atoms with van der Waals surface area (Å²) in [5.41, 5.74) is 2.27. The Balaban J connectivity index is 2.33. The van der Waals surface area contributed by atoms with Crippen molar-refractivity contribution in [2.24, 2.45) is 5.92 Å². The van der Waals surface area contributed by atoms with Crippen LogP contribution in [0.5, 0.6) is 0 Å². The molecule has 104 valence electrons. The third-order valence-corrected chi connectivity index (χ3v) is 3.88. The fourth-order valence-corrected chi connectivity index (χ4v) is 2.74. The second-order valence-corrected chi connectivity index (χ2v) is 6.62. The lowest BCUT2D eigenvalue weighted by atomic mass is 9.85. The minimum absolute atomic E-state index is 0.0124. The van der Waals surface area contributed by atoms with Crippen molar-refractivity contribution < 1.29 is 9.90 Å². The number of rotatable bonds is 2. The maximum absolute atomic E-state index is 11.1. The lowest BCUT2D eigenvalue weighted by molar-refractivity contribution is -0.140. The Kier molecular flexibility index (Phi) is 3.77. The molecular weight excluding hydrogens is 262 g/mol. The van der Waals surface area contributed by atoms with E-state index in [0.717, 1.165) is 17.3 Å². The van der Waals surface area contributed by atoms with E-state index < -0.39 is 5.97 Å². The Bertz CT molecular complexity index is 493. The predicted octanol–water partition coefficient (Wildman–Crippen LogP) is 3.55. The van der Waals surface area contributed by atoms with Gasteiger partial charge < -0.3 is 10.0 Å². The van der Waals surface area contributed by atoms with E-state index in [-0.39, 0.29) is 11.3 Å². The van der Waals surface area contributed by atoms with E-state index in [1.807, 2.05) is 18.2 Å². The van der Waals surface area contributed by atoms with Crippen molar-refractivity contribution in [2.75, 3.05) is 18.0 Å². The summed E-state index contributed by atoms with van der Waals surface area (Å²) in [4.78, 5) is 13.2. The average Bonchev–Trinajstić information content (AvgIpc) is 2.77. The molecule has 1 saturated heterocycles. The Labute approximate surface area is 119 Å². The van der Waals surface area contributed by atoms with Crippen LogP contribution in [0.2, 0.25) is 5.02 Å². The van der Waals surface area contributed by atoms with Gasteiger partial charge in [0.1, 0.15) is 0 Å². The molecule has 1 N–H and O–H groups in total. The maximum Gasteiger partial charge on any atom is 0.308 e. The molecule has 1 aliphatic heterocycles. The summed E-state index contributed by atoms with van der Waals surface area (Å²) < 4.78 is 0. The SMILES string of the molecule is CC(C)(C)c1cc(Cl)ccc1N1CCC(C(=O)O)C1. The summed E-state index contributed by atoms with van der Waals surface area (Å²) in [7, 11) is 0. The molecule has 0 amide bonds. The molecule has 4 heteroatoms. The number of aliphatic carboxylic acids is 1. The van der Waals surface area contributed by atoms with Crippen molar-refractivity contribution in [2.45, 2.75) is 32.6 Å². The van der Waals surface area contributed by atoms with Crippen LogP contribution in [0.3, 0.4) is 0 Å². The number of carboxylic acid groups (broad SMARTS) is 1. The van der Waals surface area contributed by atoms with Crippen LogP contribution in [0.15, 0.2) is 18.2 Å². The number of anilines is 1. The average molecular weight is 282 g/mol. The first kappa shape index (κ1) is 14.2. The van der Waals surface area contributed by atoms with Crippen LogP contribution in [0.4, 0.5) is 5.69 Å². The maximum atomic E-state index is 11.1. The van der Waals surface area contributed by atoms with Gasteiger partial charge in [-0.15, -0.1) is 0 Å². The number of carboxylic acids is 1. The topological polar surface area (TPSA) is 40.5 Å². The molecule has 1 aromatic carbocycles. The van der Waals surface area contributed by atoms with Crippen molar-refractivity contribution in [1.29, 1.82) is 0 Å². The number of hydrogen-bond acceptors (Lipinski definition) is 2. The van der Waals surface area contributed by atoms with Crippen LogP contribution >= 0.6 is 11.6 Å². The third kappa shape index (κ3) is 3.03. The number of benzene rings is 1. The van der Waals surface area contributed by atoms with Crippen molar-refractivity contribution in [3.63, 3.8) is 0 Å². The minimum atomic E-state index is -0.700. The third-order valence-electron chi connectivity index (χ3n) is 3.64. The molecule has 2 rings (SSSR count). The van der Waals surface area contributed by atoms with Crippen LogP contribution in [0, 0.1) is 5.92 Å². The molecular formula is C15H20ClNO2. The molecule has 3 nitrogen and oxygen atoms in total. The smallest absolute Gasteiger partial charge is 0.308 e. The fourth-order valence-electron chi connectivity index (χ4n) is 2.57. The van der Waals surface area contributed by atoms with Crippen molar-refractivity contribution in [1.82, 2.24) is 0 Å². The molecule has 1 heterocycles. The van der Waals surface area contributed by atoms with Gasteiger partial charge in [0.15, 0.2) is 0 Å². The van der Waals surface area contributed by atoms with Crippen LogP contribution in [-0.4, -0.2) is 24.2 Å². The molecule has 1 atom stereocenters. The van der Waals surface area contributed by atoms with Gasteiger partial charge in [0.25, 0.3) is 0 Å². The van der Waals surface area contributed by atoms with Gasteiger partial charge in [-0.2, -0.15) is 0 Å². The largest absolute Gasteiger partial charge is 0.481 e. The van der Waals surface area contributed by atoms with Crippen molar-refractivity contribution in [3.05, 3.63) is 28.8 Å². The van der Waals surface area contributed by atoms with Crippen molar-refractivity contribution >= 4 is 23.3 Å². The van der Waals surface area contributed by atoms with E-state index in [1.54, 1.807) is 0 Å². The fraction of sp³-hybridized carbons (Fsp3) is 0.533. The van der Waals surface area contributed by atoms with E-state index in [0.29, 0.717) is 13.0 Å². The number of carbonyl (C=O) groups is 1. The van der Waals surface area contributed by atoms with E-state index in [4.69, 9.17) is 16.7 Å². The summed E-state index contributed by atoms with van der Waals surface area (Å²) in [5, 5.41) is 9.83. The van der Waals surface area contributed by atoms with Gasteiger partial charge in [0.05, 0.1) is 5.92 Å². The van der Waals surface area contributed by atoms with E-state index >= 15 is 0 Å². The van der Waals surface area contributed by atoms with Gasteiger partial charge >= 0.3 is 5.97 Å². The summed E-state index contributed by atoms with van der Waals surface area (Å²) in [6.07, 6.45) is 0.710. The molecule has 0 bridgehead atoms. The summed E-state index contributed by atoms with van der Waals surface area (Å²) in [6.45, 7) is 7.81. The zero-order valence-corrected chi connectivity index (χ0v) is 12.4. The van der Waals surface area contributed by atoms with E-state index in [1.165, 1.54) is 5.56 Å². The zero-order chi connectivity index (χ0) is 14.2. The minimum Gasteiger partial charge on any atom is -0.481 e. The lowest BCUT2D eigenvalue weighted by Gasteiger charge is -2.29. The molecule has 0 saturated carbocycles. The van der Waals surface area contributed by atoms with Gasteiger partial charge in [-0.1, -0.05) is 32.4 Å². The van der Waals surface area contributed by atoms with Gasteiger partial charge in [0.2, 0.25) is 0 Å². The van der Waals surface area contributed by atoms with Gasteiger partial charge in [-0.25, -0.2) is 0 Å². The van der Waals surface area contributed by atoms with Gasteiger partial charge in [0, 0.05) is 23.8 Å². The van der Waals surface area contributed by atoms with Crippen LogP contribution in [0.25, 0.3) is 0 Å². The van der Waals surface area contributed by atoms with E-state index in [2.05, 4.69) is 25.7 Å². The highest BCUT2D eigenvalue weighted by Crippen LogP contribution is 2.36. The first-order valence-electron chi connectivity index (χ1n) is 6.57. The second-order valence-electron chi connectivity index (χ2n) is 6.18. The van der Waals surface area contributed by atoms with Gasteiger partial charge in [-0.05, 0) is 35.6 Å². The van der Waals surface area contributed by atoms with Crippen molar-refractivity contribution in [3.8, 4) is 0 Å². The van der Waals surface area contributed by atoms with E-state index in [9.17, 15) is 4.79 Å². The van der Waals surface area contributed by atoms with Crippen LogP contribution < -0.4 is 4.90 Å². The van der Waals surface area contributed by atoms with Crippen LogP contribution in [0.1, 0.15) is 32.8 Å². The summed E-state index contributed by atoms with van der Waals surface area (Å²) in [5.74, 6) is -0.961. The quantitative estimate of drug-likeness (QED) is 0.901. The highest BCUT2D eigenvalue weighted by molar-refractivity contribution is 6.30. The lowest BCUT2D eigenvalue weighted by Crippen LogP contribution is -2.26. The Morgan fingerprint density at radius 2 is 2.11 bits per heavy atom. The first-order chi connectivity index (χ1) is 8.79. The second kappa shape index (κ2) is 5.04. The number of halogens is 1. The highest BCUT2D eigenvalue weighted by atomic mass is 35.5. The normalized spacial score (nSPS) is 19.8. The zero-order valence-electron chi connectivity index (χ0n) is 11.6. The molecule has 1 unspecified atom stereocenters. The molecule has 0 radical (unpaired) electrons. The monoisotopic (exact) mass is 281 g/mol. The summed E-state index contributed by atoms with van der Waals surface area (Å²) >= 11 is 6.10. The Morgan fingerprint density at radius 3 is 2.63 bits per heavy atom. The molecule has 1 aliphatic rings. The molecule has 0 aromatic heterocycles. The molecule has 1 aromatic rings.